The van der Waals surface area contributed by atoms with Gasteiger partial charge >= 0.3 is 0 Å². The Balaban J connectivity index is 1.39. The van der Waals surface area contributed by atoms with Crippen LogP contribution < -0.4 is 10.6 Å². The van der Waals surface area contributed by atoms with Crippen molar-refractivity contribution in [2.24, 2.45) is 5.92 Å². The van der Waals surface area contributed by atoms with Crippen molar-refractivity contribution in [3.63, 3.8) is 0 Å². The molecule has 2 unspecified atom stereocenters. The van der Waals surface area contributed by atoms with Crippen LogP contribution in [0.25, 0.3) is 5.57 Å². The van der Waals surface area contributed by atoms with Crippen LogP contribution in [0.3, 0.4) is 0 Å². The third-order valence-corrected chi connectivity index (χ3v) is 5.55. The molecule has 4 rings (SSSR count). The molecule has 0 saturated heterocycles. The summed E-state index contributed by atoms with van der Waals surface area (Å²) in [6.07, 6.45) is 8.32. The predicted molar refractivity (Wildman–Crippen MR) is 116 cm³/mol. The van der Waals surface area contributed by atoms with Crippen LogP contribution in [0.15, 0.2) is 77.9 Å². The van der Waals surface area contributed by atoms with Crippen molar-refractivity contribution in [2.45, 2.75) is 33.4 Å². The Morgan fingerprint density at radius 2 is 1.59 bits per heavy atom. The molecular formula is C25H28N2. The van der Waals surface area contributed by atoms with Crippen LogP contribution in [0.5, 0.6) is 0 Å². The first-order valence-corrected chi connectivity index (χ1v) is 9.83. The van der Waals surface area contributed by atoms with Crippen molar-refractivity contribution in [3.05, 3.63) is 94.6 Å². The zero-order valence-corrected chi connectivity index (χ0v) is 16.4. The van der Waals surface area contributed by atoms with Crippen molar-refractivity contribution in [3.8, 4) is 0 Å². The van der Waals surface area contributed by atoms with Gasteiger partial charge in [0.15, 0.2) is 0 Å². The standard InChI is InChI=1S/C25H28N2/c1-17-4-8-20(9-5-17)24-15-12-21-10-11-22(25(21)24)16-26-19(3)27-23-13-6-18(2)7-14-23/h4-11,13-15,19,25-27H,12,16H2,1-3H3. The number of anilines is 1. The first-order valence-electron chi connectivity index (χ1n) is 9.83. The summed E-state index contributed by atoms with van der Waals surface area (Å²) >= 11 is 0. The smallest absolute Gasteiger partial charge is 0.0741 e. The molecule has 0 aliphatic heterocycles. The Hall–Kier alpha value is -2.58. The fourth-order valence-electron chi connectivity index (χ4n) is 3.99. The van der Waals surface area contributed by atoms with E-state index in [0.717, 1.165) is 18.7 Å². The van der Waals surface area contributed by atoms with Crippen molar-refractivity contribution >= 4 is 11.3 Å². The number of fused-ring (bicyclic) bond motifs is 1. The molecule has 0 spiro atoms. The molecule has 2 aliphatic carbocycles. The number of nitrogens with one attached hydrogen (secondary N) is 2. The molecule has 2 aliphatic rings. The maximum atomic E-state index is 3.64. The Morgan fingerprint density at radius 1 is 0.926 bits per heavy atom. The summed E-state index contributed by atoms with van der Waals surface area (Å²) in [5.74, 6) is 0.451. The first-order chi connectivity index (χ1) is 13.1. The summed E-state index contributed by atoms with van der Waals surface area (Å²) in [6, 6.07) is 17.5. The summed E-state index contributed by atoms with van der Waals surface area (Å²) in [7, 11) is 0. The van der Waals surface area contributed by atoms with Crippen LogP contribution >= 0.6 is 0 Å². The molecule has 0 saturated carbocycles. The number of hydrogen-bond donors (Lipinski definition) is 2. The minimum Gasteiger partial charge on any atom is -0.370 e. The zero-order chi connectivity index (χ0) is 18.8. The average molecular weight is 357 g/mol. The Kier molecular flexibility index (Phi) is 5.00. The summed E-state index contributed by atoms with van der Waals surface area (Å²) in [5.41, 5.74) is 9.56. The van der Waals surface area contributed by atoms with Crippen LogP contribution in [0.1, 0.15) is 30.0 Å². The lowest BCUT2D eigenvalue weighted by Gasteiger charge is -2.22. The summed E-state index contributed by atoms with van der Waals surface area (Å²) < 4.78 is 0. The molecule has 0 bridgehead atoms. The lowest BCUT2D eigenvalue weighted by atomic mass is 9.88. The second-order valence-electron chi connectivity index (χ2n) is 7.76. The van der Waals surface area contributed by atoms with E-state index in [-0.39, 0.29) is 6.17 Å². The van der Waals surface area contributed by atoms with Gasteiger partial charge in [-0.1, -0.05) is 71.3 Å². The minimum absolute atomic E-state index is 0.214. The lowest BCUT2D eigenvalue weighted by molar-refractivity contribution is 0.621. The van der Waals surface area contributed by atoms with Gasteiger partial charge in [0.25, 0.3) is 0 Å². The van der Waals surface area contributed by atoms with E-state index in [1.54, 1.807) is 0 Å². The maximum Gasteiger partial charge on any atom is 0.0741 e. The highest BCUT2D eigenvalue weighted by Gasteiger charge is 2.30. The lowest BCUT2D eigenvalue weighted by Crippen LogP contribution is -2.35. The SMILES string of the molecule is Cc1ccc(NC(C)NCC2=CC=C3CC=C(c4ccc(C)cc4)C32)cc1. The highest BCUT2D eigenvalue weighted by atomic mass is 15.1. The van der Waals surface area contributed by atoms with Gasteiger partial charge < -0.3 is 5.32 Å². The van der Waals surface area contributed by atoms with Gasteiger partial charge in [0.2, 0.25) is 0 Å². The largest absolute Gasteiger partial charge is 0.370 e. The predicted octanol–water partition coefficient (Wildman–Crippen LogP) is 5.62. The number of rotatable bonds is 6. The normalized spacial score (nSPS) is 19.2. The number of hydrogen-bond acceptors (Lipinski definition) is 2. The van der Waals surface area contributed by atoms with Crippen LogP contribution in [0.4, 0.5) is 5.69 Å². The van der Waals surface area contributed by atoms with Crippen molar-refractivity contribution in [1.82, 2.24) is 5.32 Å². The molecule has 2 nitrogen and oxygen atoms in total. The van der Waals surface area contributed by atoms with Gasteiger partial charge in [0.1, 0.15) is 0 Å². The zero-order valence-electron chi connectivity index (χ0n) is 16.4. The van der Waals surface area contributed by atoms with Crippen molar-refractivity contribution < 1.29 is 0 Å². The van der Waals surface area contributed by atoms with E-state index in [1.165, 1.54) is 33.4 Å². The topological polar surface area (TPSA) is 24.1 Å². The quantitative estimate of drug-likeness (QED) is 0.656. The molecule has 2 N–H and O–H groups in total. The van der Waals surface area contributed by atoms with E-state index < -0.39 is 0 Å². The Morgan fingerprint density at radius 3 is 2.30 bits per heavy atom. The van der Waals surface area contributed by atoms with Gasteiger partial charge in [-0.2, -0.15) is 0 Å². The molecule has 0 fully saturated rings. The van der Waals surface area contributed by atoms with Crippen LogP contribution in [0.2, 0.25) is 0 Å². The molecule has 2 aromatic rings. The highest BCUT2D eigenvalue weighted by Crippen LogP contribution is 2.45. The first kappa shape index (κ1) is 17.8. The fraction of sp³-hybridized carbons (Fsp3) is 0.280. The van der Waals surface area contributed by atoms with E-state index in [4.69, 9.17) is 0 Å². The Bertz CT molecular complexity index is 898. The number of benzene rings is 2. The van der Waals surface area contributed by atoms with E-state index >= 15 is 0 Å². The van der Waals surface area contributed by atoms with E-state index in [1.807, 2.05) is 0 Å². The van der Waals surface area contributed by atoms with Crippen molar-refractivity contribution in [1.29, 1.82) is 0 Å². The molecule has 27 heavy (non-hydrogen) atoms. The summed E-state index contributed by atoms with van der Waals surface area (Å²) in [4.78, 5) is 0. The van der Waals surface area contributed by atoms with Gasteiger partial charge in [-0.25, -0.2) is 0 Å². The molecule has 0 heterocycles. The maximum absolute atomic E-state index is 3.64. The fourth-order valence-corrected chi connectivity index (χ4v) is 3.99. The van der Waals surface area contributed by atoms with Crippen LogP contribution in [-0.2, 0) is 0 Å². The molecule has 2 aromatic carbocycles. The third-order valence-electron chi connectivity index (χ3n) is 5.55. The second kappa shape index (κ2) is 7.58. The van der Waals surface area contributed by atoms with Gasteiger partial charge in [0.05, 0.1) is 6.17 Å². The average Bonchev–Trinajstić information content (AvgIpc) is 3.25. The van der Waals surface area contributed by atoms with E-state index in [2.05, 4.69) is 98.2 Å². The number of allylic oxidation sites excluding steroid dienone is 5. The van der Waals surface area contributed by atoms with Crippen LogP contribution in [-0.4, -0.2) is 12.7 Å². The highest BCUT2D eigenvalue weighted by molar-refractivity contribution is 5.78. The van der Waals surface area contributed by atoms with Gasteiger partial charge in [-0.3, -0.25) is 5.32 Å². The van der Waals surface area contributed by atoms with Crippen molar-refractivity contribution in [2.75, 3.05) is 11.9 Å². The molecule has 2 heteroatoms. The van der Waals surface area contributed by atoms with Gasteiger partial charge in [-0.05, 0) is 56.0 Å². The molecule has 0 amide bonds. The van der Waals surface area contributed by atoms with Gasteiger partial charge in [0, 0.05) is 18.2 Å². The Labute approximate surface area is 162 Å². The third kappa shape index (κ3) is 3.91. The second-order valence-corrected chi connectivity index (χ2v) is 7.76. The summed E-state index contributed by atoms with van der Waals surface area (Å²) in [6.45, 7) is 7.33. The van der Waals surface area contributed by atoms with Gasteiger partial charge in [-0.15, -0.1) is 0 Å². The molecule has 2 atom stereocenters. The van der Waals surface area contributed by atoms with Crippen LogP contribution in [0, 0.1) is 19.8 Å². The van der Waals surface area contributed by atoms with E-state index in [0.29, 0.717) is 5.92 Å². The monoisotopic (exact) mass is 356 g/mol. The number of aryl methyl sites for hydroxylation is 2. The summed E-state index contributed by atoms with van der Waals surface area (Å²) in [5, 5.41) is 7.17. The molecule has 0 aromatic heterocycles. The molecular weight excluding hydrogens is 328 g/mol. The molecule has 138 valence electrons. The minimum atomic E-state index is 0.214. The van der Waals surface area contributed by atoms with E-state index in [9.17, 15) is 0 Å². The molecule has 0 radical (unpaired) electrons.